The second-order valence-corrected chi connectivity index (χ2v) is 5.34. The Balaban J connectivity index is 0.00000176. The van der Waals surface area contributed by atoms with Crippen LogP contribution in [0.15, 0.2) is 60.2 Å². The molecule has 0 fully saturated rings. The molecule has 1 aromatic carbocycles. The monoisotopic (exact) mass is 297 g/mol. The summed E-state index contributed by atoms with van der Waals surface area (Å²) in [6.45, 7) is 0. The van der Waals surface area contributed by atoms with Gasteiger partial charge < -0.3 is 5.32 Å². The Morgan fingerprint density at radius 1 is 1.14 bits per heavy atom. The number of thiazole rings is 1. The van der Waals surface area contributed by atoms with Gasteiger partial charge in [-0.05, 0) is 17.7 Å². The van der Waals surface area contributed by atoms with Crippen LogP contribution in [0.2, 0.25) is 0 Å². The van der Waals surface area contributed by atoms with Crippen molar-refractivity contribution in [2.24, 2.45) is 0 Å². The average Bonchev–Trinajstić information content (AvgIpc) is 2.97. The summed E-state index contributed by atoms with van der Waals surface area (Å²) in [6.07, 6.45) is 3.80. The van der Waals surface area contributed by atoms with Gasteiger partial charge in [0.1, 0.15) is 0 Å². The smallest absolute Gasteiger partial charge is 0.230 e. The van der Waals surface area contributed by atoms with Crippen LogP contribution >= 0.6 is 11.3 Å². The number of anilines is 1. The molecule has 4 nitrogen and oxygen atoms in total. The summed E-state index contributed by atoms with van der Waals surface area (Å²) in [5.74, 6) is -0.0585. The van der Waals surface area contributed by atoms with E-state index in [9.17, 15) is 4.79 Å². The maximum absolute atomic E-state index is 12.0. The molecule has 0 radical (unpaired) electrons. The van der Waals surface area contributed by atoms with E-state index in [4.69, 9.17) is 0 Å². The first-order valence-corrected chi connectivity index (χ1v) is 7.39. The molecule has 5 heteroatoms. The largest absolute Gasteiger partial charge is 0.302 e. The third-order valence-corrected chi connectivity index (χ3v) is 3.69. The highest BCUT2D eigenvalue weighted by Crippen LogP contribution is 2.24. The number of pyridine rings is 1. The molecule has 0 spiro atoms. The SMILES string of the molecule is O=C(Cc1ccccc1)Nc1nc(-c2ccncc2)cs1.[HH]. The molecule has 1 amide bonds. The van der Waals surface area contributed by atoms with E-state index in [1.807, 2.05) is 47.8 Å². The molecule has 0 aliphatic heterocycles. The Kier molecular flexibility index (Phi) is 4.02. The first-order valence-electron chi connectivity index (χ1n) is 6.51. The van der Waals surface area contributed by atoms with E-state index in [2.05, 4.69) is 15.3 Å². The maximum atomic E-state index is 12.0. The lowest BCUT2D eigenvalue weighted by Crippen LogP contribution is -2.14. The predicted molar refractivity (Wildman–Crippen MR) is 86.2 cm³/mol. The van der Waals surface area contributed by atoms with E-state index in [1.54, 1.807) is 12.4 Å². The zero-order chi connectivity index (χ0) is 14.5. The fraction of sp³-hybridized carbons (Fsp3) is 0.0625. The molecule has 0 saturated carbocycles. The van der Waals surface area contributed by atoms with Gasteiger partial charge in [-0.15, -0.1) is 11.3 Å². The van der Waals surface area contributed by atoms with Crippen molar-refractivity contribution >= 4 is 22.4 Å². The standard InChI is InChI=1S/C16H13N3OS.H2/c20-15(10-12-4-2-1-3-5-12)19-16-18-14(11-21-16)13-6-8-17-9-7-13;/h1-9,11H,10H2,(H,18,19,20);1H. The molecule has 1 N–H and O–H groups in total. The molecule has 0 saturated heterocycles. The Labute approximate surface area is 128 Å². The first kappa shape index (κ1) is 13.5. The van der Waals surface area contributed by atoms with E-state index in [0.717, 1.165) is 16.8 Å². The van der Waals surface area contributed by atoms with Gasteiger partial charge in [-0.2, -0.15) is 0 Å². The fourth-order valence-electron chi connectivity index (χ4n) is 1.93. The number of aromatic nitrogens is 2. The molecule has 3 aromatic rings. The van der Waals surface area contributed by atoms with Gasteiger partial charge in [-0.25, -0.2) is 4.98 Å². The highest BCUT2D eigenvalue weighted by molar-refractivity contribution is 7.14. The predicted octanol–water partition coefficient (Wildman–Crippen LogP) is 3.63. The average molecular weight is 297 g/mol. The highest BCUT2D eigenvalue weighted by atomic mass is 32.1. The van der Waals surface area contributed by atoms with E-state index in [0.29, 0.717) is 11.6 Å². The fourth-order valence-corrected chi connectivity index (χ4v) is 2.67. The molecule has 0 unspecified atom stereocenters. The molecule has 3 rings (SSSR count). The van der Waals surface area contributed by atoms with Crippen molar-refractivity contribution in [2.75, 3.05) is 5.32 Å². The van der Waals surface area contributed by atoms with E-state index in [-0.39, 0.29) is 7.33 Å². The molecule has 2 heterocycles. The molecular weight excluding hydrogens is 282 g/mol. The zero-order valence-electron chi connectivity index (χ0n) is 11.2. The molecule has 0 aliphatic carbocycles. The normalized spacial score (nSPS) is 10.3. The van der Waals surface area contributed by atoms with Crippen molar-refractivity contribution in [2.45, 2.75) is 6.42 Å². The van der Waals surface area contributed by atoms with E-state index >= 15 is 0 Å². The molecular formula is C16H15N3OS. The number of carbonyl (C=O) groups excluding carboxylic acids is 1. The van der Waals surface area contributed by atoms with Gasteiger partial charge >= 0.3 is 0 Å². The van der Waals surface area contributed by atoms with Crippen molar-refractivity contribution in [3.05, 3.63) is 65.8 Å². The van der Waals surface area contributed by atoms with Gasteiger partial charge in [0.2, 0.25) is 5.91 Å². The lowest BCUT2D eigenvalue weighted by atomic mass is 10.1. The van der Waals surface area contributed by atoms with Crippen LogP contribution in [-0.2, 0) is 11.2 Å². The second kappa shape index (κ2) is 6.28. The number of hydrogen-bond donors (Lipinski definition) is 1. The van der Waals surface area contributed by atoms with Crippen LogP contribution in [0.25, 0.3) is 11.3 Å². The van der Waals surface area contributed by atoms with Crippen LogP contribution < -0.4 is 5.32 Å². The summed E-state index contributed by atoms with van der Waals surface area (Å²) in [5, 5.41) is 5.37. The summed E-state index contributed by atoms with van der Waals surface area (Å²) in [7, 11) is 0. The van der Waals surface area contributed by atoms with Gasteiger partial charge in [-0.3, -0.25) is 9.78 Å². The van der Waals surface area contributed by atoms with E-state index in [1.165, 1.54) is 11.3 Å². The topological polar surface area (TPSA) is 54.9 Å². The number of rotatable bonds is 4. The minimum Gasteiger partial charge on any atom is -0.302 e. The minimum atomic E-state index is -0.0585. The summed E-state index contributed by atoms with van der Waals surface area (Å²) in [4.78, 5) is 20.4. The molecule has 0 bridgehead atoms. The third kappa shape index (κ3) is 3.52. The number of benzene rings is 1. The third-order valence-electron chi connectivity index (χ3n) is 2.93. The highest BCUT2D eigenvalue weighted by Gasteiger charge is 2.08. The Hall–Kier alpha value is -2.53. The van der Waals surface area contributed by atoms with Crippen molar-refractivity contribution < 1.29 is 6.22 Å². The van der Waals surface area contributed by atoms with Crippen LogP contribution in [0.5, 0.6) is 0 Å². The number of nitrogens with zero attached hydrogens (tertiary/aromatic N) is 2. The van der Waals surface area contributed by atoms with Gasteiger partial charge in [0.05, 0.1) is 12.1 Å². The molecule has 0 aliphatic rings. The second-order valence-electron chi connectivity index (χ2n) is 4.48. The van der Waals surface area contributed by atoms with E-state index < -0.39 is 0 Å². The number of carbonyl (C=O) groups is 1. The number of nitrogens with one attached hydrogen (secondary N) is 1. The Bertz CT molecular complexity index is 731. The van der Waals surface area contributed by atoms with Crippen molar-refractivity contribution in [3.63, 3.8) is 0 Å². The lowest BCUT2D eigenvalue weighted by molar-refractivity contribution is -0.115. The molecule has 2 aromatic heterocycles. The van der Waals surface area contributed by atoms with Gasteiger partial charge in [-0.1, -0.05) is 30.3 Å². The number of amides is 1. The zero-order valence-corrected chi connectivity index (χ0v) is 12.0. The summed E-state index contributed by atoms with van der Waals surface area (Å²) in [5.41, 5.74) is 2.82. The van der Waals surface area contributed by atoms with Gasteiger partial charge in [0.15, 0.2) is 5.13 Å². The quantitative estimate of drug-likeness (QED) is 0.800. The lowest BCUT2D eigenvalue weighted by Gasteiger charge is -2.01. The van der Waals surface area contributed by atoms with Crippen molar-refractivity contribution in [1.29, 1.82) is 0 Å². The van der Waals surface area contributed by atoms with Crippen molar-refractivity contribution in [1.82, 2.24) is 9.97 Å². The summed E-state index contributed by atoms with van der Waals surface area (Å²) < 4.78 is 0. The Morgan fingerprint density at radius 3 is 2.67 bits per heavy atom. The van der Waals surface area contributed by atoms with Gasteiger partial charge in [0, 0.05) is 24.8 Å². The van der Waals surface area contributed by atoms with Crippen LogP contribution in [-0.4, -0.2) is 15.9 Å². The van der Waals surface area contributed by atoms with Crippen molar-refractivity contribution in [3.8, 4) is 11.3 Å². The van der Waals surface area contributed by atoms with Crippen LogP contribution in [0.1, 0.15) is 6.99 Å². The molecule has 21 heavy (non-hydrogen) atoms. The van der Waals surface area contributed by atoms with Crippen LogP contribution in [0.4, 0.5) is 5.13 Å². The Morgan fingerprint density at radius 2 is 1.90 bits per heavy atom. The van der Waals surface area contributed by atoms with Crippen LogP contribution in [0, 0.1) is 0 Å². The molecule has 0 atom stereocenters. The minimum absolute atomic E-state index is 0. The van der Waals surface area contributed by atoms with Crippen LogP contribution in [0.3, 0.4) is 0 Å². The first-order chi connectivity index (χ1) is 10.3. The summed E-state index contributed by atoms with van der Waals surface area (Å²) in [6, 6.07) is 13.4. The molecule has 106 valence electrons. The van der Waals surface area contributed by atoms with Gasteiger partial charge in [0.25, 0.3) is 0 Å². The summed E-state index contributed by atoms with van der Waals surface area (Å²) >= 11 is 1.42. The number of hydrogen-bond acceptors (Lipinski definition) is 4. The maximum Gasteiger partial charge on any atom is 0.230 e.